The van der Waals surface area contributed by atoms with Gasteiger partial charge in [0.1, 0.15) is 5.54 Å². The second kappa shape index (κ2) is 6.52. The summed E-state index contributed by atoms with van der Waals surface area (Å²) in [4.78, 5) is 28.2. The number of benzene rings is 1. The largest absolute Gasteiger partial charge is 0.379 e. The molecular formula is C17H21N3O3. The summed E-state index contributed by atoms with van der Waals surface area (Å²) in [5.41, 5.74) is -0.0124. The van der Waals surface area contributed by atoms with Crippen molar-refractivity contribution in [2.24, 2.45) is 0 Å². The Balaban J connectivity index is 1.70. The Labute approximate surface area is 135 Å². The van der Waals surface area contributed by atoms with Gasteiger partial charge in [-0.2, -0.15) is 0 Å². The SMILES string of the molecule is CC1(/C=C/c2ccccc2)NC(=O)N(CN2CCOCC2)C1=O. The molecule has 122 valence electrons. The van der Waals surface area contributed by atoms with Gasteiger partial charge in [-0.05, 0) is 18.6 Å². The Morgan fingerprint density at radius 1 is 1.22 bits per heavy atom. The maximum absolute atomic E-state index is 12.7. The van der Waals surface area contributed by atoms with Gasteiger partial charge in [0, 0.05) is 13.1 Å². The van der Waals surface area contributed by atoms with Crippen LogP contribution >= 0.6 is 0 Å². The van der Waals surface area contributed by atoms with E-state index in [1.54, 1.807) is 13.0 Å². The monoisotopic (exact) mass is 315 g/mol. The van der Waals surface area contributed by atoms with Crippen LogP contribution in [0.15, 0.2) is 36.4 Å². The number of nitrogens with one attached hydrogen (secondary N) is 1. The minimum Gasteiger partial charge on any atom is -0.379 e. The quantitative estimate of drug-likeness (QED) is 0.851. The molecule has 1 N–H and O–H groups in total. The fraction of sp³-hybridized carbons (Fsp3) is 0.412. The lowest BCUT2D eigenvalue weighted by Gasteiger charge is -2.29. The van der Waals surface area contributed by atoms with E-state index in [4.69, 9.17) is 4.74 Å². The van der Waals surface area contributed by atoms with E-state index < -0.39 is 5.54 Å². The Morgan fingerprint density at radius 3 is 2.61 bits per heavy atom. The highest BCUT2D eigenvalue weighted by atomic mass is 16.5. The van der Waals surface area contributed by atoms with Crippen LogP contribution in [-0.2, 0) is 9.53 Å². The molecule has 6 nitrogen and oxygen atoms in total. The lowest BCUT2D eigenvalue weighted by atomic mass is 10.0. The van der Waals surface area contributed by atoms with Crippen LogP contribution in [0, 0.1) is 0 Å². The van der Waals surface area contributed by atoms with Crippen molar-refractivity contribution in [3.05, 3.63) is 42.0 Å². The van der Waals surface area contributed by atoms with Crippen molar-refractivity contribution < 1.29 is 14.3 Å². The highest BCUT2D eigenvalue weighted by molar-refractivity contribution is 6.08. The molecule has 6 heteroatoms. The van der Waals surface area contributed by atoms with Crippen molar-refractivity contribution in [2.45, 2.75) is 12.5 Å². The molecule has 0 saturated carbocycles. The van der Waals surface area contributed by atoms with Crippen LogP contribution in [0.25, 0.3) is 6.08 Å². The molecule has 3 rings (SSSR count). The van der Waals surface area contributed by atoms with Gasteiger partial charge >= 0.3 is 6.03 Å². The van der Waals surface area contributed by atoms with E-state index >= 15 is 0 Å². The summed E-state index contributed by atoms with van der Waals surface area (Å²) in [5.74, 6) is -0.221. The third kappa shape index (κ3) is 3.43. The van der Waals surface area contributed by atoms with Gasteiger partial charge in [-0.15, -0.1) is 0 Å². The lowest BCUT2D eigenvalue weighted by molar-refractivity contribution is -0.131. The molecular weight excluding hydrogens is 294 g/mol. The van der Waals surface area contributed by atoms with E-state index in [0.29, 0.717) is 19.9 Å². The number of morpholine rings is 1. The molecule has 2 fully saturated rings. The number of imide groups is 1. The van der Waals surface area contributed by atoms with E-state index in [2.05, 4.69) is 5.32 Å². The second-order valence-electron chi connectivity index (χ2n) is 5.98. The van der Waals surface area contributed by atoms with Gasteiger partial charge < -0.3 is 10.1 Å². The number of hydrogen-bond donors (Lipinski definition) is 1. The van der Waals surface area contributed by atoms with Gasteiger partial charge in [-0.25, -0.2) is 9.69 Å². The Kier molecular flexibility index (Phi) is 4.45. The number of nitrogens with zero attached hydrogens (tertiary/aromatic N) is 2. The standard InChI is InChI=1S/C17H21N3O3/c1-17(8-7-14-5-3-2-4-6-14)15(21)20(16(22)18-17)13-19-9-11-23-12-10-19/h2-8H,9-13H2,1H3,(H,18,22)/b8-7+. The first-order valence-electron chi connectivity index (χ1n) is 7.77. The summed E-state index contributed by atoms with van der Waals surface area (Å²) >= 11 is 0. The molecule has 0 bridgehead atoms. The van der Waals surface area contributed by atoms with Crippen LogP contribution in [0.5, 0.6) is 0 Å². The number of urea groups is 1. The number of carbonyl (C=O) groups is 2. The van der Waals surface area contributed by atoms with Crippen LogP contribution in [0.1, 0.15) is 12.5 Å². The van der Waals surface area contributed by atoms with Gasteiger partial charge in [0.25, 0.3) is 5.91 Å². The van der Waals surface area contributed by atoms with Crippen molar-refractivity contribution in [3.8, 4) is 0 Å². The number of hydrogen-bond acceptors (Lipinski definition) is 4. The third-order valence-electron chi connectivity index (χ3n) is 4.15. The number of carbonyl (C=O) groups excluding carboxylic acids is 2. The first-order chi connectivity index (χ1) is 11.1. The van der Waals surface area contributed by atoms with Gasteiger partial charge in [-0.1, -0.05) is 36.4 Å². The van der Waals surface area contributed by atoms with Gasteiger partial charge in [-0.3, -0.25) is 9.69 Å². The Bertz CT molecular complexity index is 611. The average Bonchev–Trinajstić information content (AvgIpc) is 2.79. The molecule has 2 aliphatic rings. The first kappa shape index (κ1) is 15.7. The zero-order chi connectivity index (χ0) is 16.3. The summed E-state index contributed by atoms with van der Waals surface area (Å²) in [7, 11) is 0. The fourth-order valence-corrected chi connectivity index (χ4v) is 2.73. The minimum absolute atomic E-state index is 0.221. The predicted molar refractivity (Wildman–Crippen MR) is 86.5 cm³/mol. The molecule has 0 spiro atoms. The molecule has 2 aliphatic heterocycles. The van der Waals surface area contributed by atoms with E-state index in [9.17, 15) is 9.59 Å². The minimum atomic E-state index is -1.00. The van der Waals surface area contributed by atoms with E-state index in [1.165, 1.54) is 4.90 Å². The van der Waals surface area contributed by atoms with Gasteiger partial charge in [0.15, 0.2) is 0 Å². The molecule has 1 aromatic rings. The van der Waals surface area contributed by atoms with Crippen molar-refractivity contribution in [1.29, 1.82) is 0 Å². The molecule has 2 heterocycles. The zero-order valence-corrected chi connectivity index (χ0v) is 13.2. The van der Waals surface area contributed by atoms with Crippen LogP contribution in [-0.4, -0.2) is 60.2 Å². The van der Waals surface area contributed by atoms with Crippen LogP contribution in [0.3, 0.4) is 0 Å². The van der Waals surface area contributed by atoms with Gasteiger partial charge in [0.05, 0.1) is 19.9 Å². The molecule has 1 atom stereocenters. The van der Waals surface area contributed by atoms with Crippen LogP contribution in [0.2, 0.25) is 0 Å². The normalized spacial score (nSPS) is 26.0. The maximum atomic E-state index is 12.7. The summed E-state index contributed by atoms with van der Waals surface area (Å²) in [5, 5.41) is 2.78. The molecule has 23 heavy (non-hydrogen) atoms. The van der Waals surface area contributed by atoms with Crippen molar-refractivity contribution >= 4 is 18.0 Å². The molecule has 0 radical (unpaired) electrons. The highest BCUT2D eigenvalue weighted by Gasteiger charge is 2.46. The van der Waals surface area contributed by atoms with Crippen molar-refractivity contribution in [3.63, 3.8) is 0 Å². The second-order valence-corrected chi connectivity index (χ2v) is 5.98. The molecule has 2 saturated heterocycles. The summed E-state index contributed by atoms with van der Waals surface area (Å²) in [6.45, 7) is 4.76. The van der Waals surface area contributed by atoms with Crippen LogP contribution in [0.4, 0.5) is 4.79 Å². The van der Waals surface area contributed by atoms with E-state index in [-0.39, 0.29) is 11.9 Å². The fourth-order valence-electron chi connectivity index (χ4n) is 2.73. The topological polar surface area (TPSA) is 61.9 Å². The lowest BCUT2D eigenvalue weighted by Crippen LogP contribution is -2.47. The molecule has 1 unspecified atom stereocenters. The van der Waals surface area contributed by atoms with Crippen molar-refractivity contribution in [1.82, 2.24) is 15.1 Å². The highest BCUT2D eigenvalue weighted by Crippen LogP contribution is 2.21. The molecule has 0 aromatic heterocycles. The van der Waals surface area contributed by atoms with Gasteiger partial charge in [0.2, 0.25) is 0 Å². The summed E-state index contributed by atoms with van der Waals surface area (Å²) in [6.07, 6.45) is 3.61. The zero-order valence-electron chi connectivity index (χ0n) is 13.2. The number of rotatable bonds is 4. The third-order valence-corrected chi connectivity index (χ3v) is 4.15. The van der Waals surface area contributed by atoms with E-state index in [0.717, 1.165) is 18.7 Å². The molecule has 1 aromatic carbocycles. The Morgan fingerprint density at radius 2 is 1.91 bits per heavy atom. The first-order valence-corrected chi connectivity index (χ1v) is 7.77. The Hall–Kier alpha value is -2.18. The molecule has 0 aliphatic carbocycles. The number of amides is 3. The predicted octanol–water partition coefficient (Wildman–Crippen LogP) is 1.30. The van der Waals surface area contributed by atoms with Crippen LogP contribution < -0.4 is 5.32 Å². The summed E-state index contributed by atoms with van der Waals surface area (Å²) < 4.78 is 5.29. The molecule has 3 amide bonds. The summed E-state index contributed by atoms with van der Waals surface area (Å²) in [6, 6.07) is 9.36. The average molecular weight is 315 g/mol. The smallest absolute Gasteiger partial charge is 0.326 e. The number of ether oxygens (including phenoxy) is 1. The van der Waals surface area contributed by atoms with E-state index in [1.807, 2.05) is 41.3 Å². The maximum Gasteiger partial charge on any atom is 0.326 e. The van der Waals surface area contributed by atoms with Crippen molar-refractivity contribution in [2.75, 3.05) is 33.0 Å².